The van der Waals surface area contributed by atoms with Crippen LogP contribution in [0.25, 0.3) is 16.6 Å². The van der Waals surface area contributed by atoms with Crippen molar-refractivity contribution in [3.63, 3.8) is 0 Å². The lowest BCUT2D eigenvalue weighted by Gasteiger charge is -2.22. The van der Waals surface area contributed by atoms with Crippen LogP contribution in [0.5, 0.6) is 5.75 Å². The van der Waals surface area contributed by atoms with Crippen molar-refractivity contribution in [2.24, 2.45) is 0 Å². The number of nitrogens with one attached hydrogen (secondary N) is 1. The monoisotopic (exact) mass is 468 g/mol. The molecule has 1 aliphatic rings. The van der Waals surface area contributed by atoms with Crippen LogP contribution in [0.15, 0.2) is 71.5 Å². The molecule has 5 rings (SSSR count). The van der Waals surface area contributed by atoms with E-state index in [1.54, 1.807) is 29.9 Å². The number of carbonyl (C=O) groups excluding carboxylic acids is 1. The summed E-state index contributed by atoms with van der Waals surface area (Å²) in [5, 5.41) is 3.43. The van der Waals surface area contributed by atoms with Crippen LogP contribution in [0.2, 0.25) is 0 Å². The van der Waals surface area contributed by atoms with Gasteiger partial charge in [-0.15, -0.1) is 0 Å². The summed E-state index contributed by atoms with van der Waals surface area (Å²) in [6.07, 6.45) is 2.13. The van der Waals surface area contributed by atoms with Crippen molar-refractivity contribution >= 4 is 22.8 Å². The molecule has 0 radical (unpaired) electrons. The Bertz CT molecular complexity index is 1440. The highest BCUT2D eigenvalue weighted by molar-refractivity contribution is 5.97. The number of aromatic nitrogens is 2. The normalized spacial score (nSPS) is 13.3. The summed E-state index contributed by atoms with van der Waals surface area (Å²) in [6.45, 7) is 4.11. The zero-order chi connectivity index (χ0) is 24.4. The maximum absolute atomic E-state index is 13.6. The third-order valence-corrected chi connectivity index (χ3v) is 6.37. The van der Waals surface area contributed by atoms with Crippen LogP contribution in [0, 0.1) is 6.92 Å². The Labute approximate surface area is 204 Å². The fraction of sp³-hybridized carbons (Fsp3) is 0.250. The Balaban J connectivity index is 1.50. The number of nitrogens with zero attached hydrogens (tertiary/aromatic N) is 3. The van der Waals surface area contributed by atoms with Crippen LogP contribution in [0.1, 0.15) is 34.3 Å². The van der Waals surface area contributed by atoms with Crippen LogP contribution < -0.4 is 20.5 Å². The average Bonchev–Trinajstić information content (AvgIpc) is 3.42. The third-order valence-electron chi connectivity index (χ3n) is 6.37. The molecular weight excluding hydrogens is 440 g/mol. The topological polar surface area (TPSA) is 76.5 Å². The predicted molar refractivity (Wildman–Crippen MR) is 138 cm³/mol. The molecule has 4 aromatic rings. The van der Waals surface area contributed by atoms with Gasteiger partial charge in [0.1, 0.15) is 5.75 Å². The van der Waals surface area contributed by atoms with E-state index in [9.17, 15) is 9.59 Å². The van der Waals surface area contributed by atoms with Gasteiger partial charge in [0.15, 0.2) is 0 Å². The molecule has 0 unspecified atom stereocenters. The molecule has 1 aromatic heterocycles. The van der Waals surface area contributed by atoms with E-state index in [4.69, 9.17) is 9.72 Å². The van der Waals surface area contributed by atoms with E-state index < -0.39 is 0 Å². The molecule has 0 saturated carbocycles. The van der Waals surface area contributed by atoms with Gasteiger partial charge >= 0.3 is 0 Å². The maximum atomic E-state index is 13.6. The molecule has 1 N–H and O–H groups in total. The highest BCUT2D eigenvalue weighted by atomic mass is 16.5. The summed E-state index contributed by atoms with van der Waals surface area (Å²) in [7, 11) is 1.62. The van der Waals surface area contributed by atoms with Gasteiger partial charge in [0.2, 0.25) is 5.95 Å². The van der Waals surface area contributed by atoms with Gasteiger partial charge < -0.3 is 15.0 Å². The molecule has 0 atom stereocenters. The standard InChI is InChI=1S/C28H28N4O3/c1-19-6-5-7-22(16-19)32-27(34)24-13-10-21(17-25(24)30-28(32)31-14-3-4-15-31)26(33)29-18-20-8-11-23(35-2)12-9-20/h5-13,16-17H,3-4,14-15,18H2,1-2H3,(H,29,33). The third kappa shape index (κ3) is 4.62. The lowest BCUT2D eigenvalue weighted by Crippen LogP contribution is -2.30. The van der Waals surface area contributed by atoms with Crippen LogP contribution in [-0.2, 0) is 6.54 Å². The molecule has 1 fully saturated rings. The first-order chi connectivity index (χ1) is 17.0. The SMILES string of the molecule is COc1ccc(CNC(=O)c2ccc3c(=O)n(-c4cccc(C)c4)c(N4CCCC4)nc3c2)cc1. The van der Waals surface area contributed by atoms with Crippen molar-refractivity contribution in [3.05, 3.63) is 93.8 Å². The van der Waals surface area contributed by atoms with E-state index in [2.05, 4.69) is 10.2 Å². The van der Waals surface area contributed by atoms with E-state index in [0.717, 1.165) is 48.5 Å². The lowest BCUT2D eigenvalue weighted by atomic mass is 10.1. The molecule has 3 aromatic carbocycles. The van der Waals surface area contributed by atoms with E-state index in [0.29, 0.717) is 29.0 Å². The number of amides is 1. The molecule has 1 saturated heterocycles. The highest BCUT2D eigenvalue weighted by Crippen LogP contribution is 2.24. The number of anilines is 1. The molecule has 0 bridgehead atoms. The summed E-state index contributed by atoms with van der Waals surface area (Å²) < 4.78 is 6.88. The first kappa shape index (κ1) is 22.7. The van der Waals surface area contributed by atoms with Gasteiger partial charge in [0.25, 0.3) is 11.5 Å². The van der Waals surface area contributed by atoms with Crippen molar-refractivity contribution in [1.29, 1.82) is 0 Å². The first-order valence-electron chi connectivity index (χ1n) is 11.8. The van der Waals surface area contributed by atoms with Gasteiger partial charge in [0, 0.05) is 25.2 Å². The summed E-state index contributed by atoms with van der Waals surface area (Å²) in [4.78, 5) is 33.6. The lowest BCUT2D eigenvalue weighted by molar-refractivity contribution is 0.0951. The van der Waals surface area contributed by atoms with E-state index >= 15 is 0 Å². The molecule has 7 nitrogen and oxygen atoms in total. The molecule has 0 spiro atoms. The number of hydrogen-bond donors (Lipinski definition) is 1. The molecule has 7 heteroatoms. The summed E-state index contributed by atoms with van der Waals surface area (Å²) >= 11 is 0. The number of hydrogen-bond acceptors (Lipinski definition) is 5. The molecule has 2 heterocycles. The van der Waals surface area contributed by atoms with E-state index in [1.165, 1.54) is 0 Å². The fourth-order valence-corrected chi connectivity index (χ4v) is 4.47. The largest absolute Gasteiger partial charge is 0.497 e. The summed E-state index contributed by atoms with van der Waals surface area (Å²) in [5.74, 6) is 1.18. The van der Waals surface area contributed by atoms with Gasteiger partial charge in [-0.3, -0.25) is 9.59 Å². The summed E-state index contributed by atoms with van der Waals surface area (Å²) in [5.41, 5.74) is 3.71. The van der Waals surface area contributed by atoms with Gasteiger partial charge in [0.05, 0.1) is 23.7 Å². The second kappa shape index (κ2) is 9.62. The Hall–Kier alpha value is -4.13. The molecule has 0 aliphatic carbocycles. The molecule has 1 amide bonds. The predicted octanol–water partition coefficient (Wildman–Crippen LogP) is 4.23. The van der Waals surface area contributed by atoms with Crippen molar-refractivity contribution in [1.82, 2.24) is 14.9 Å². The van der Waals surface area contributed by atoms with Crippen LogP contribution in [0.3, 0.4) is 0 Å². The van der Waals surface area contributed by atoms with E-state index in [1.807, 2.05) is 55.5 Å². The second-order valence-corrected chi connectivity index (χ2v) is 8.85. The maximum Gasteiger partial charge on any atom is 0.267 e. The van der Waals surface area contributed by atoms with Crippen molar-refractivity contribution in [2.45, 2.75) is 26.3 Å². The van der Waals surface area contributed by atoms with Crippen molar-refractivity contribution in [3.8, 4) is 11.4 Å². The zero-order valence-corrected chi connectivity index (χ0v) is 20.0. The number of fused-ring (bicyclic) bond motifs is 1. The minimum absolute atomic E-state index is 0.132. The van der Waals surface area contributed by atoms with Crippen LogP contribution in [0.4, 0.5) is 5.95 Å². The van der Waals surface area contributed by atoms with Gasteiger partial charge in [-0.2, -0.15) is 0 Å². The molecular formula is C28H28N4O3. The minimum atomic E-state index is -0.213. The number of ether oxygens (including phenoxy) is 1. The number of methoxy groups -OCH3 is 1. The smallest absolute Gasteiger partial charge is 0.267 e. The Kier molecular flexibility index (Phi) is 6.23. The Morgan fingerprint density at radius 1 is 1.03 bits per heavy atom. The Morgan fingerprint density at radius 3 is 2.51 bits per heavy atom. The van der Waals surface area contributed by atoms with Crippen molar-refractivity contribution in [2.75, 3.05) is 25.1 Å². The number of carbonyl (C=O) groups is 1. The van der Waals surface area contributed by atoms with Crippen molar-refractivity contribution < 1.29 is 9.53 Å². The van der Waals surface area contributed by atoms with Gasteiger partial charge in [-0.05, 0) is 73.4 Å². The van der Waals surface area contributed by atoms with Crippen LogP contribution >= 0.6 is 0 Å². The first-order valence-corrected chi connectivity index (χ1v) is 11.8. The highest BCUT2D eigenvalue weighted by Gasteiger charge is 2.22. The fourth-order valence-electron chi connectivity index (χ4n) is 4.47. The number of aryl methyl sites for hydroxylation is 1. The zero-order valence-electron chi connectivity index (χ0n) is 20.0. The van der Waals surface area contributed by atoms with E-state index in [-0.39, 0.29) is 11.5 Å². The average molecular weight is 469 g/mol. The number of rotatable bonds is 6. The summed E-state index contributed by atoms with van der Waals surface area (Å²) in [6, 6.07) is 20.5. The van der Waals surface area contributed by atoms with Gasteiger partial charge in [-0.25, -0.2) is 9.55 Å². The quantitative estimate of drug-likeness (QED) is 0.458. The van der Waals surface area contributed by atoms with Gasteiger partial charge in [-0.1, -0.05) is 24.3 Å². The molecule has 35 heavy (non-hydrogen) atoms. The molecule has 1 aliphatic heterocycles. The van der Waals surface area contributed by atoms with Crippen LogP contribution in [-0.4, -0.2) is 35.7 Å². The Morgan fingerprint density at radius 2 is 1.80 bits per heavy atom. The second-order valence-electron chi connectivity index (χ2n) is 8.85. The molecule has 178 valence electrons. The number of benzene rings is 3. The minimum Gasteiger partial charge on any atom is -0.497 e.